The van der Waals surface area contributed by atoms with Crippen LogP contribution >= 0.6 is 23.2 Å². The van der Waals surface area contributed by atoms with Gasteiger partial charge in [0.05, 0.1) is 10.8 Å². The van der Waals surface area contributed by atoms with Crippen LogP contribution in [0.1, 0.15) is 22.3 Å². The molecule has 0 radical (unpaired) electrons. The van der Waals surface area contributed by atoms with E-state index in [1.165, 1.54) is 30.6 Å². The molecule has 2 aromatic rings. The second-order valence-corrected chi connectivity index (χ2v) is 8.82. The molecule has 4 nitrogen and oxygen atoms in total. The fourth-order valence-corrected chi connectivity index (χ4v) is 3.91. The average molecular weight is 358 g/mol. The number of ketones is 1. The Hall–Kier alpha value is -1.30. The Balaban J connectivity index is 1.90. The molecule has 7 heteroatoms. The summed E-state index contributed by atoms with van der Waals surface area (Å²) in [6, 6.07) is 7.99. The van der Waals surface area contributed by atoms with Crippen LogP contribution in [0.25, 0.3) is 0 Å². The van der Waals surface area contributed by atoms with Gasteiger partial charge in [0.1, 0.15) is 4.33 Å². The highest BCUT2D eigenvalue weighted by Gasteiger charge is 2.56. The molecule has 1 aromatic carbocycles. The maximum Gasteiger partial charge on any atom is 0.267 e. The zero-order valence-corrected chi connectivity index (χ0v) is 14.0. The number of carbonyl (C=O) groups is 1. The molecule has 0 unspecified atom stereocenters. The summed E-state index contributed by atoms with van der Waals surface area (Å²) in [5.41, 5.74) is 1.26. The SMILES string of the molecule is Cc1ccc(S(=O)(=O)n2ccc(C(=O)[C@H]3CC3(Cl)Cl)c2)cc1. The molecule has 1 aromatic heterocycles. The van der Waals surface area contributed by atoms with Crippen molar-refractivity contribution >= 4 is 39.0 Å². The van der Waals surface area contributed by atoms with Crippen molar-refractivity contribution in [3.05, 3.63) is 53.9 Å². The summed E-state index contributed by atoms with van der Waals surface area (Å²) in [4.78, 5) is 12.3. The number of aromatic nitrogens is 1. The molecular formula is C15H13Cl2NO3S. The van der Waals surface area contributed by atoms with Crippen molar-refractivity contribution in [2.24, 2.45) is 5.92 Å². The number of alkyl halides is 2. The summed E-state index contributed by atoms with van der Waals surface area (Å²) >= 11 is 11.8. The molecule has 116 valence electrons. The lowest BCUT2D eigenvalue weighted by Crippen LogP contribution is -2.11. The lowest BCUT2D eigenvalue weighted by Gasteiger charge is -2.05. The smallest absolute Gasteiger partial charge is 0.267 e. The number of aryl methyl sites for hydroxylation is 1. The molecule has 0 bridgehead atoms. The van der Waals surface area contributed by atoms with Crippen LogP contribution in [0.2, 0.25) is 0 Å². The molecule has 3 rings (SSSR count). The highest BCUT2D eigenvalue weighted by Crippen LogP contribution is 2.54. The van der Waals surface area contributed by atoms with Crippen LogP contribution in [0.4, 0.5) is 0 Å². The van der Waals surface area contributed by atoms with Gasteiger partial charge in [0.2, 0.25) is 0 Å². The zero-order chi connectivity index (χ0) is 16.1. The summed E-state index contributed by atoms with van der Waals surface area (Å²) in [5.74, 6) is -0.698. The Morgan fingerprint density at radius 3 is 2.36 bits per heavy atom. The second-order valence-electron chi connectivity index (χ2n) is 5.43. The topological polar surface area (TPSA) is 56.1 Å². The largest absolute Gasteiger partial charge is 0.294 e. The number of rotatable bonds is 4. The van der Waals surface area contributed by atoms with Gasteiger partial charge in [-0.2, -0.15) is 0 Å². The third-order valence-corrected chi connectivity index (χ3v) is 6.18. The fraction of sp³-hybridized carbons (Fsp3) is 0.267. The zero-order valence-electron chi connectivity index (χ0n) is 11.7. The van der Waals surface area contributed by atoms with E-state index in [0.717, 1.165) is 9.54 Å². The molecule has 0 saturated heterocycles. The van der Waals surface area contributed by atoms with Crippen LogP contribution < -0.4 is 0 Å². The first-order valence-corrected chi connectivity index (χ1v) is 8.84. The van der Waals surface area contributed by atoms with E-state index in [1.807, 2.05) is 6.92 Å². The third-order valence-electron chi connectivity index (χ3n) is 3.69. The molecule has 0 aliphatic heterocycles. The van der Waals surface area contributed by atoms with E-state index in [9.17, 15) is 13.2 Å². The highest BCUT2D eigenvalue weighted by molar-refractivity contribution is 7.90. The van der Waals surface area contributed by atoms with E-state index in [4.69, 9.17) is 23.2 Å². The lowest BCUT2D eigenvalue weighted by atomic mass is 10.1. The number of Topliss-reactive ketones (excluding diaryl/α,β-unsaturated/α-hetero) is 1. The number of hydrogen-bond donors (Lipinski definition) is 0. The fourth-order valence-electron chi connectivity index (χ4n) is 2.20. The van der Waals surface area contributed by atoms with Gasteiger partial charge in [-0.25, -0.2) is 12.4 Å². The summed E-state index contributed by atoms with van der Waals surface area (Å²) in [6.45, 7) is 1.88. The Bertz CT molecular complexity index is 838. The predicted molar refractivity (Wildman–Crippen MR) is 85.1 cm³/mol. The number of halogens is 2. The van der Waals surface area contributed by atoms with Crippen LogP contribution in [0.15, 0.2) is 47.6 Å². The Morgan fingerprint density at radius 1 is 1.23 bits per heavy atom. The Labute approximate surface area is 138 Å². The minimum Gasteiger partial charge on any atom is -0.294 e. The van der Waals surface area contributed by atoms with Gasteiger partial charge in [-0.1, -0.05) is 17.7 Å². The van der Waals surface area contributed by atoms with Gasteiger partial charge >= 0.3 is 0 Å². The summed E-state index contributed by atoms with van der Waals surface area (Å²) in [7, 11) is -3.70. The van der Waals surface area contributed by atoms with Crippen molar-refractivity contribution < 1.29 is 13.2 Å². The van der Waals surface area contributed by atoms with E-state index in [0.29, 0.717) is 12.0 Å². The molecule has 0 N–H and O–H groups in total. The van der Waals surface area contributed by atoms with Crippen molar-refractivity contribution in [3.63, 3.8) is 0 Å². The van der Waals surface area contributed by atoms with Gasteiger partial charge in [-0.15, -0.1) is 23.2 Å². The number of benzene rings is 1. The van der Waals surface area contributed by atoms with Crippen LogP contribution in [0.3, 0.4) is 0 Å². The van der Waals surface area contributed by atoms with Crippen molar-refractivity contribution in [1.82, 2.24) is 3.97 Å². The minimum atomic E-state index is -3.70. The van der Waals surface area contributed by atoms with Crippen LogP contribution in [-0.2, 0) is 10.0 Å². The van der Waals surface area contributed by atoms with Gasteiger partial charge in [-0.3, -0.25) is 4.79 Å². The van der Waals surface area contributed by atoms with Crippen molar-refractivity contribution in [3.8, 4) is 0 Å². The van der Waals surface area contributed by atoms with Crippen molar-refractivity contribution in [2.45, 2.75) is 22.6 Å². The molecule has 1 saturated carbocycles. The molecule has 0 amide bonds. The Kier molecular flexibility index (Phi) is 3.62. The molecule has 1 aliphatic rings. The maximum absolute atomic E-state index is 12.5. The molecular weight excluding hydrogens is 345 g/mol. The van der Waals surface area contributed by atoms with Crippen molar-refractivity contribution in [2.75, 3.05) is 0 Å². The molecule has 1 heterocycles. The van der Waals surface area contributed by atoms with E-state index in [2.05, 4.69) is 0 Å². The monoisotopic (exact) mass is 357 g/mol. The van der Waals surface area contributed by atoms with E-state index in [1.54, 1.807) is 12.1 Å². The summed E-state index contributed by atoms with van der Waals surface area (Å²) in [6.07, 6.45) is 3.06. The quantitative estimate of drug-likeness (QED) is 0.622. The highest BCUT2D eigenvalue weighted by atomic mass is 35.5. The van der Waals surface area contributed by atoms with Gasteiger partial charge in [0, 0.05) is 18.0 Å². The van der Waals surface area contributed by atoms with Gasteiger partial charge < -0.3 is 0 Å². The van der Waals surface area contributed by atoms with Gasteiger partial charge in [-0.05, 0) is 31.5 Å². The standard InChI is InChI=1S/C15H13Cl2NO3S/c1-10-2-4-12(5-3-10)22(20,21)18-7-6-11(9-18)14(19)13-8-15(13,16)17/h2-7,9,13H,8H2,1H3/t13-/m1/s1. The predicted octanol–water partition coefficient (Wildman–Crippen LogP) is 3.41. The molecule has 22 heavy (non-hydrogen) atoms. The molecule has 1 fully saturated rings. The number of nitrogens with zero attached hydrogens (tertiary/aromatic N) is 1. The van der Waals surface area contributed by atoms with Gasteiger partial charge in [0.25, 0.3) is 10.0 Å². The van der Waals surface area contributed by atoms with E-state index < -0.39 is 20.3 Å². The lowest BCUT2D eigenvalue weighted by molar-refractivity contribution is 0.0967. The molecule has 1 aliphatic carbocycles. The maximum atomic E-state index is 12.5. The van der Waals surface area contributed by atoms with E-state index >= 15 is 0 Å². The van der Waals surface area contributed by atoms with E-state index in [-0.39, 0.29) is 10.7 Å². The number of hydrogen-bond acceptors (Lipinski definition) is 3. The normalized spacial score (nSPS) is 19.9. The van der Waals surface area contributed by atoms with Crippen LogP contribution in [0, 0.1) is 12.8 Å². The summed E-state index contributed by atoms with van der Waals surface area (Å²) < 4.78 is 25.0. The van der Waals surface area contributed by atoms with Gasteiger partial charge in [0.15, 0.2) is 5.78 Å². The molecule has 0 spiro atoms. The van der Waals surface area contributed by atoms with Crippen LogP contribution in [-0.4, -0.2) is 22.5 Å². The van der Waals surface area contributed by atoms with Crippen LogP contribution in [0.5, 0.6) is 0 Å². The average Bonchev–Trinajstić information content (AvgIpc) is 2.90. The third kappa shape index (κ3) is 2.69. The first-order valence-electron chi connectivity index (χ1n) is 6.64. The first-order chi connectivity index (χ1) is 10.2. The Morgan fingerprint density at radius 2 is 1.82 bits per heavy atom. The van der Waals surface area contributed by atoms with Crippen molar-refractivity contribution in [1.29, 1.82) is 0 Å². The second kappa shape index (κ2) is 5.11. The summed E-state index contributed by atoms with van der Waals surface area (Å²) in [5, 5.41) is 0. The molecule has 1 atom stereocenters. The first kappa shape index (κ1) is 15.6. The minimum absolute atomic E-state index is 0.170. The number of carbonyl (C=O) groups excluding carboxylic acids is 1.